The maximum atomic E-state index is 12.5. The Morgan fingerprint density at radius 2 is 1.55 bits per heavy atom. The maximum absolute atomic E-state index is 12.5. The molecule has 0 bridgehead atoms. The van der Waals surface area contributed by atoms with Crippen molar-refractivity contribution in [1.29, 1.82) is 0 Å². The summed E-state index contributed by atoms with van der Waals surface area (Å²) in [5, 5.41) is 54.5. The predicted molar refractivity (Wildman–Crippen MR) is 175 cm³/mol. The first-order chi connectivity index (χ1) is 21.8. The van der Waals surface area contributed by atoms with Crippen LogP contribution in [0.25, 0.3) is 0 Å². The van der Waals surface area contributed by atoms with Crippen molar-refractivity contribution in [3.63, 3.8) is 0 Å². The highest BCUT2D eigenvalue weighted by Crippen LogP contribution is 2.89. The van der Waals surface area contributed by atoms with Gasteiger partial charge in [-0.2, -0.15) is 0 Å². The van der Waals surface area contributed by atoms with E-state index < -0.39 is 42.4 Å². The number of aliphatic hydroxyl groups excluding tert-OH is 4. The summed E-state index contributed by atoms with van der Waals surface area (Å²) in [6.07, 6.45) is 1.74. The molecular weight excluding hydrogens is 600 g/mol. The third kappa shape index (κ3) is 4.55. The van der Waals surface area contributed by atoms with Crippen LogP contribution in [-0.4, -0.2) is 92.9 Å². The monoisotopic (exact) mass is 662 g/mol. The van der Waals surface area contributed by atoms with Crippen molar-refractivity contribution in [2.24, 2.45) is 44.8 Å². The van der Waals surface area contributed by atoms with E-state index in [1.807, 2.05) is 13.8 Å². The number of allylic oxidation sites excluding steroid dienone is 1. The third-order valence-corrected chi connectivity index (χ3v) is 15.4. The Hall–Kier alpha value is -0.780. The van der Waals surface area contributed by atoms with Crippen LogP contribution in [0.15, 0.2) is 11.3 Å². The van der Waals surface area contributed by atoms with Crippen molar-refractivity contribution < 1.29 is 44.5 Å². The average molecular weight is 663 g/mol. The highest BCUT2D eigenvalue weighted by molar-refractivity contribution is 5.43. The molecule has 2 spiro atoms. The summed E-state index contributed by atoms with van der Waals surface area (Å²) in [7, 11) is 0. The van der Waals surface area contributed by atoms with E-state index >= 15 is 0 Å². The van der Waals surface area contributed by atoms with Gasteiger partial charge in [-0.1, -0.05) is 34.6 Å². The zero-order valence-corrected chi connectivity index (χ0v) is 30.2. The van der Waals surface area contributed by atoms with Crippen LogP contribution in [0.4, 0.5) is 0 Å². The van der Waals surface area contributed by atoms with Crippen molar-refractivity contribution in [3.05, 3.63) is 11.3 Å². The predicted octanol–water partition coefficient (Wildman–Crippen LogP) is 4.46. The van der Waals surface area contributed by atoms with Crippen molar-refractivity contribution in [2.45, 2.75) is 174 Å². The molecule has 0 aromatic heterocycles. The molecule has 0 radical (unpaired) electrons. The van der Waals surface area contributed by atoms with Gasteiger partial charge in [-0.3, -0.25) is 0 Å². The van der Waals surface area contributed by atoms with Crippen LogP contribution >= 0.6 is 0 Å². The largest absolute Gasteiger partial charge is 0.489 e. The van der Waals surface area contributed by atoms with E-state index in [-0.39, 0.29) is 57.9 Å². The highest BCUT2D eigenvalue weighted by Gasteiger charge is 2.83. The second-order valence-electron chi connectivity index (χ2n) is 18.8. The fraction of sp³-hybridized carbons (Fsp3) is 0.947. The Kier molecular flexibility index (Phi) is 8.01. The summed E-state index contributed by atoms with van der Waals surface area (Å²) in [6, 6.07) is 0. The molecular formula is C38H62O9. The second kappa shape index (κ2) is 10.9. The van der Waals surface area contributed by atoms with Crippen LogP contribution in [0.5, 0.6) is 0 Å². The molecule has 2 aliphatic heterocycles. The van der Waals surface area contributed by atoms with Crippen LogP contribution in [0.2, 0.25) is 0 Å². The number of hydrogen-bond donors (Lipinski definition) is 5. The molecule has 15 atom stereocenters. The van der Waals surface area contributed by atoms with Gasteiger partial charge >= 0.3 is 0 Å². The zero-order valence-electron chi connectivity index (χ0n) is 30.2. The molecule has 4 saturated carbocycles. The van der Waals surface area contributed by atoms with Crippen molar-refractivity contribution in [3.8, 4) is 0 Å². The SMILES string of the molecule is CC(C)OC(C1CC(C)C2=C(O1)C(O)C1(C)C3CCC4C(C)(C)C(OC5OCC(O)C(O)C5O)CCC45CC35CCC21C)C(C)(C)O. The average Bonchev–Trinajstić information content (AvgIpc) is 3.61. The minimum absolute atomic E-state index is 0.0574. The zero-order chi connectivity index (χ0) is 34.3. The van der Waals surface area contributed by atoms with E-state index in [0.29, 0.717) is 11.8 Å². The molecule has 15 unspecified atom stereocenters. The summed E-state index contributed by atoms with van der Waals surface area (Å²) >= 11 is 0. The van der Waals surface area contributed by atoms with E-state index in [9.17, 15) is 25.5 Å². The molecule has 5 aliphatic carbocycles. The lowest BCUT2D eigenvalue weighted by Crippen LogP contribution is -2.61. The lowest BCUT2D eigenvalue weighted by Gasteiger charge is -2.63. The number of aliphatic hydroxyl groups is 5. The molecule has 5 fully saturated rings. The standard InChI is InChI=1S/C38H62O9/c1-19(2)45-31(34(6,7)43)22-16-20(3)26-29(46-22)30(42)36(9)24-11-10-23-33(4,5)25(47-32-28(41)27(40)21(39)17-44-32)12-13-37(23)18-38(24,37)15-14-35(26,36)8/h19-25,27-28,30-32,39-43H,10-18H2,1-9H3. The summed E-state index contributed by atoms with van der Waals surface area (Å²) in [5.41, 5.74) is -0.120. The molecule has 7 aliphatic rings. The fourth-order valence-electron chi connectivity index (χ4n) is 13.1. The fourth-order valence-corrected chi connectivity index (χ4v) is 13.1. The van der Waals surface area contributed by atoms with Gasteiger partial charge in [0.15, 0.2) is 6.29 Å². The van der Waals surface area contributed by atoms with Crippen molar-refractivity contribution in [1.82, 2.24) is 0 Å². The summed E-state index contributed by atoms with van der Waals surface area (Å²) in [5.74, 6) is 1.78. The Morgan fingerprint density at radius 1 is 0.894 bits per heavy atom. The van der Waals surface area contributed by atoms with Crippen LogP contribution < -0.4 is 0 Å². The minimum Gasteiger partial charge on any atom is -0.489 e. The highest BCUT2D eigenvalue weighted by atomic mass is 16.7. The molecule has 47 heavy (non-hydrogen) atoms. The Labute approximate surface area is 281 Å². The smallest absolute Gasteiger partial charge is 0.186 e. The normalized spacial score (nSPS) is 52.5. The molecule has 1 saturated heterocycles. The number of rotatable bonds is 6. The van der Waals surface area contributed by atoms with E-state index in [0.717, 1.165) is 50.7 Å². The van der Waals surface area contributed by atoms with Gasteiger partial charge in [0.1, 0.15) is 42.4 Å². The van der Waals surface area contributed by atoms with E-state index in [4.69, 9.17) is 18.9 Å². The third-order valence-electron chi connectivity index (χ3n) is 15.4. The van der Waals surface area contributed by atoms with Gasteiger partial charge in [-0.05, 0) is 119 Å². The van der Waals surface area contributed by atoms with Crippen molar-refractivity contribution >= 4 is 0 Å². The van der Waals surface area contributed by atoms with Crippen LogP contribution in [0, 0.1) is 44.8 Å². The topological polar surface area (TPSA) is 138 Å². The molecule has 7 rings (SSSR count). The van der Waals surface area contributed by atoms with Crippen molar-refractivity contribution in [2.75, 3.05) is 6.61 Å². The van der Waals surface area contributed by atoms with Crippen LogP contribution in [-0.2, 0) is 18.9 Å². The second-order valence-corrected chi connectivity index (χ2v) is 18.8. The maximum Gasteiger partial charge on any atom is 0.186 e. The Balaban J connectivity index is 1.15. The van der Waals surface area contributed by atoms with Gasteiger partial charge < -0.3 is 44.5 Å². The molecule has 9 heteroatoms. The van der Waals surface area contributed by atoms with E-state index in [2.05, 4.69) is 34.6 Å². The molecule has 5 N–H and O–H groups in total. The summed E-state index contributed by atoms with van der Waals surface area (Å²) in [6.45, 7) is 19.2. The number of ether oxygens (including phenoxy) is 4. The van der Waals surface area contributed by atoms with Crippen LogP contribution in [0.3, 0.4) is 0 Å². The number of hydrogen-bond acceptors (Lipinski definition) is 9. The van der Waals surface area contributed by atoms with Gasteiger partial charge in [0.05, 0.1) is 24.4 Å². The van der Waals surface area contributed by atoms with E-state index in [1.165, 1.54) is 12.0 Å². The first-order valence-electron chi connectivity index (χ1n) is 18.5. The lowest BCUT2D eigenvalue weighted by molar-refractivity contribution is -0.303. The first-order valence-corrected chi connectivity index (χ1v) is 18.5. The molecule has 2 heterocycles. The van der Waals surface area contributed by atoms with Crippen LogP contribution in [0.1, 0.15) is 114 Å². The molecule has 268 valence electrons. The summed E-state index contributed by atoms with van der Waals surface area (Å²) in [4.78, 5) is 0. The van der Waals surface area contributed by atoms with Gasteiger partial charge in [0, 0.05) is 10.8 Å². The van der Waals surface area contributed by atoms with Gasteiger partial charge in [0.2, 0.25) is 0 Å². The first kappa shape index (κ1) is 34.7. The Bertz CT molecular complexity index is 1270. The van der Waals surface area contributed by atoms with Gasteiger partial charge in [0.25, 0.3) is 0 Å². The van der Waals surface area contributed by atoms with Gasteiger partial charge in [-0.25, -0.2) is 0 Å². The molecule has 0 aromatic carbocycles. The number of fused-ring (bicyclic) bond motifs is 3. The lowest BCUT2D eigenvalue weighted by atomic mass is 9.41. The van der Waals surface area contributed by atoms with E-state index in [1.54, 1.807) is 13.8 Å². The molecule has 0 amide bonds. The summed E-state index contributed by atoms with van der Waals surface area (Å²) < 4.78 is 25.3. The molecule has 0 aromatic rings. The Morgan fingerprint density at radius 3 is 2.21 bits per heavy atom. The quantitative estimate of drug-likeness (QED) is 0.261. The minimum atomic E-state index is -1.29. The van der Waals surface area contributed by atoms with Gasteiger partial charge in [-0.15, -0.1) is 0 Å². The molecule has 9 nitrogen and oxygen atoms in total.